The molecule has 1 heterocycles. The van der Waals surface area contributed by atoms with Crippen molar-refractivity contribution < 1.29 is 13.2 Å². The molecule has 0 aliphatic rings. The summed E-state index contributed by atoms with van der Waals surface area (Å²) in [6.07, 6.45) is 0.463. The van der Waals surface area contributed by atoms with Crippen molar-refractivity contribution in [3.8, 4) is 5.75 Å². The van der Waals surface area contributed by atoms with Crippen molar-refractivity contribution in [2.75, 3.05) is 34.3 Å². The number of halogens is 1. The molecule has 3 rings (SSSR count). The zero-order chi connectivity index (χ0) is 21.0. The van der Waals surface area contributed by atoms with E-state index in [9.17, 15) is 8.42 Å². The van der Waals surface area contributed by atoms with Gasteiger partial charge in [0, 0.05) is 31.1 Å². The van der Waals surface area contributed by atoms with Crippen molar-refractivity contribution in [2.24, 2.45) is 0 Å². The smallest absolute Gasteiger partial charge is 0.244 e. The van der Waals surface area contributed by atoms with Crippen molar-refractivity contribution in [1.29, 1.82) is 0 Å². The summed E-state index contributed by atoms with van der Waals surface area (Å²) in [4.78, 5) is 6.82. The van der Waals surface area contributed by atoms with Gasteiger partial charge in [0.25, 0.3) is 0 Å². The number of benzene rings is 2. The van der Waals surface area contributed by atoms with Crippen LogP contribution in [0.4, 0.5) is 0 Å². The molecule has 0 fully saturated rings. The quantitative estimate of drug-likeness (QED) is 0.558. The fourth-order valence-electron chi connectivity index (χ4n) is 3.10. The minimum absolute atomic E-state index is 0.0219. The van der Waals surface area contributed by atoms with E-state index in [4.69, 9.17) is 21.3 Å². The molecule has 0 saturated heterocycles. The van der Waals surface area contributed by atoms with Crippen LogP contribution in [0.15, 0.2) is 47.4 Å². The van der Waals surface area contributed by atoms with Crippen molar-refractivity contribution >= 4 is 32.7 Å². The lowest BCUT2D eigenvalue weighted by Crippen LogP contribution is -2.27. The van der Waals surface area contributed by atoms with Crippen LogP contribution in [0.1, 0.15) is 5.82 Å². The molecule has 2 aromatic carbocycles. The number of aromatic nitrogens is 2. The molecule has 0 aliphatic carbocycles. The van der Waals surface area contributed by atoms with Crippen LogP contribution >= 0.6 is 11.6 Å². The molecule has 1 aromatic heterocycles. The Morgan fingerprint density at radius 1 is 1.21 bits per heavy atom. The number of hydrogen-bond acceptors (Lipinski definition) is 5. The summed E-state index contributed by atoms with van der Waals surface area (Å²) in [5.41, 5.74) is 1.95. The molecule has 0 atom stereocenters. The number of fused-ring (bicyclic) bond motifs is 1. The second-order valence-electron chi connectivity index (χ2n) is 6.91. The van der Waals surface area contributed by atoms with Gasteiger partial charge in [-0.15, -0.1) is 0 Å². The summed E-state index contributed by atoms with van der Waals surface area (Å²) in [7, 11) is 1.70. The van der Waals surface area contributed by atoms with Gasteiger partial charge in [0.2, 0.25) is 10.0 Å². The first-order valence-electron chi connectivity index (χ1n) is 9.24. The molecule has 0 radical (unpaired) electrons. The molecule has 1 N–H and O–H groups in total. The molecule has 156 valence electrons. The van der Waals surface area contributed by atoms with Gasteiger partial charge in [0.15, 0.2) is 0 Å². The van der Waals surface area contributed by atoms with Crippen molar-refractivity contribution in [3.63, 3.8) is 0 Å². The number of methoxy groups -OCH3 is 1. The first-order chi connectivity index (χ1) is 13.8. The third-order valence-electron chi connectivity index (χ3n) is 4.56. The van der Waals surface area contributed by atoms with Gasteiger partial charge in [-0.25, -0.2) is 18.1 Å². The Balaban J connectivity index is 1.79. The molecule has 0 unspecified atom stereocenters. The number of sulfonamides is 1. The summed E-state index contributed by atoms with van der Waals surface area (Å²) in [5, 5.41) is 0.330. The van der Waals surface area contributed by atoms with Crippen LogP contribution in [-0.2, 0) is 23.0 Å². The molecule has 0 amide bonds. The molecule has 0 saturated carbocycles. The molecule has 0 bridgehead atoms. The Kier molecular flexibility index (Phi) is 6.79. The van der Waals surface area contributed by atoms with Crippen LogP contribution in [0.5, 0.6) is 5.75 Å². The SMILES string of the molecule is COc1ccc(Cl)cc1S(=O)(=O)NCCc1nc2ccccc2n1CCN(C)C. The Labute approximate surface area is 176 Å². The first kappa shape index (κ1) is 21.6. The first-order valence-corrected chi connectivity index (χ1v) is 11.1. The van der Waals surface area contributed by atoms with Crippen LogP contribution in [-0.4, -0.2) is 57.2 Å². The molecular weight excluding hydrogens is 412 g/mol. The molecule has 29 heavy (non-hydrogen) atoms. The van der Waals surface area contributed by atoms with E-state index in [1.54, 1.807) is 6.07 Å². The van der Waals surface area contributed by atoms with Gasteiger partial charge < -0.3 is 14.2 Å². The number of nitrogens with zero attached hydrogens (tertiary/aromatic N) is 3. The maximum Gasteiger partial charge on any atom is 0.244 e. The van der Waals surface area contributed by atoms with E-state index in [-0.39, 0.29) is 17.2 Å². The van der Waals surface area contributed by atoms with E-state index in [0.29, 0.717) is 11.4 Å². The zero-order valence-corrected chi connectivity index (χ0v) is 18.3. The highest BCUT2D eigenvalue weighted by molar-refractivity contribution is 7.89. The summed E-state index contributed by atoms with van der Waals surface area (Å²) in [6, 6.07) is 12.4. The van der Waals surface area contributed by atoms with Gasteiger partial charge in [-0.1, -0.05) is 23.7 Å². The highest BCUT2D eigenvalue weighted by Gasteiger charge is 2.20. The lowest BCUT2D eigenvalue weighted by molar-refractivity contribution is 0.383. The maximum atomic E-state index is 12.7. The molecule has 3 aromatic rings. The van der Waals surface area contributed by atoms with Crippen LogP contribution in [0, 0.1) is 0 Å². The minimum atomic E-state index is -3.77. The molecule has 9 heteroatoms. The number of imidazole rings is 1. The van der Waals surface area contributed by atoms with Gasteiger partial charge in [-0.05, 0) is 44.4 Å². The van der Waals surface area contributed by atoms with Gasteiger partial charge in [-0.2, -0.15) is 0 Å². The Morgan fingerprint density at radius 3 is 2.69 bits per heavy atom. The average Bonchev–Trinajstić information content (AvgIpc) is 3.03. The van der Waals surface area contributed by atoms with E-state index >= 15 is 0 Å². The predicted molar refractivity (Wildman–Crippen MR) is 115 cm³/mol. The number of likely N-dealkylation sites (N-methyl/N-ethyl adjacent to an activating group) is 1. The van der Waals surface area contributed by atoms with E-state index < -0.39 is 10.0 Å². The number of rotatable bonds is 9. The topological polar surface area (TPSA) is 76.5 Å². The van der Waals surface area contributed by atoms with E-state index in [1.165, 1.54) is 19.2 Å². The minimum Gasteiger partial charge on any atom is -0.495 e. The number of para-hydroxylation sites is 2. The van der Waals surface area contributed by atoms with Crippen LogP contribution < -0.4 is 9.46 Å². The molecular formula is C20H25ClN4O3S. The van der Waals surface area contributed by atoms with Crippen LogP contribution in [0.2, 0.25) is 5.02 Å². The highest BCUT2D eigenvalue weighted by Crippen LogP contribution is 2.26. The normalized spacial score (nSPS) is 12.0. The van der Waals surface area contributed by atoms with Gasteiger partial charge >= 0.3 is 0 Å². The standard InChI is InChI=1S/C20H25ClN4O3S/c1-24(2)12-13-25-17-7-5-4-6-16(17)23-20(25)10-11-22-29(26,27)19-14-15(21)8-9-18(19)28-3/h4-9,14,22H,10-13H2,1-3H3. The average molecular weight is 437 g/mol. The Bertz CT molecular complexity index is 1100. The van der Waals surface area contributed by atoms with Crippen LogP contribution in [0.25, 0.3) is 11.0 Å². The van der Waals surface area contributed by atoms with E-state index in [0.717, 1.165) is 29.9 Å². The fourth-order valence-corrected chi connectivity index (χ4v) is 4.56. The van der Waals surface area contributed by atoms with Crippen molar-refractivity contribution in [2.45, 2.75) is 17.9 Å². The number of ether oxygens (including phenoxy) is 1. The lowest BCUT2D eigenvalue weighted by atomic mass is 10.3. The van der Waals surface area contributed by atoms with E-state index in [2.05, 4.69) is 14.2 Å². The Hall–Kier alpha value is -2.13. The lowest BCUT2D eigenvalue weighted by Gasteiger charge is -2.14. The summed E-state index contributed by atoms with van der Waals surface area (Å²) in [6.45, 7) is 1.85. The van der Waals surface area contributed by atoms with E-state index in [1.807, 2.05) is 38.4 Å². The predicted octanol–water partition coefficient (Wildman–Crippen LogP) is 2.78. The summed E-state index contributed by atoms with van der Waals surface area (Å²) < 4.78 is 35.4. The summed E-state index contributed by atoms with van der Waals surface area (Å²) >= 11 is 5.97. The molecule has 0 spiro atoms. The Morgan fingerprint density at radius 2 is 1.97 bits per heavy atom. The molecule has 0 aliphatic heterocycles. The third kappa shape index (κ3) is 5.08. The maximum absolute atomic E-state index is 12.7. The van der Waals surface area contributed by atoms with Crippen LogP contribution in [0.3, 0.4) is 0 Å². The second-order valence-corrected chi connectivity index (χ2v) is 9.09. The second kappa shape index (κ2) is 9.13. The van der Waals surface area contributed by atoms with Gasteiger partial charge in [0.05, 0.1) is 18.1 Å². The monoisotopic (exact) mass is 436 g/mol. The fraction of sp³-hybridized carbons (Fsp3) is 0.350. The van der Waals surface area contributed by atoms with Crippen molar-refractivity contribution in [1.82, 2.24) is 19.2 Å². The molecule has 7 nitrogen and oxygen atoms in total. The van der Waals surface area contributed by atoms with Gasteiger partial charge in [-0.3, -0.25) is 0 Å². The summed E-state index contributed by atoms with van der Waals surface area (Å²) in [5.74, 6) is 1.09. The zero-order valence-electron chi connectivity index (χ0n) is 16.7. The van der Waals surface area contributed by atoms with Gasteiger partial charge in [0.1, 0.15) is 16.5 Å². The third-order valence-corrected chi connectivity index (χ3v) is 6.28. The number of nitrogens with one attached hydrogen (secondary N) is 1. The van der Waals surface area contributed by atoms with Crippen molar-refractivity contribution in [3.05, 3.63) is 53.3 Å². The number of hydrogen-bond donors (Lipinski definition) is 1. The largest absolute Gasteiger partial charge is 0.495 e. The highest BCUT2D eigenvalue weighted by atomic mass is 35.5.